The Balaban J connectivity index is 1.85. The van der Waals surface area contributed by atoms with Crippen molar-refractivity contribution in [3.63, 3.8) is 0 Å². The lowest BCUT2D eigenvalue weighted by Gasteiger charge is -2.29. The van der Waals surface area contributed by atoms with Gasteiger partial charge in [-0.3, -0.25) is 4.79 Å². The number of hydrogen-bond acceptors (Lipinski definition) is 6. The van der Waals surface area contributed by atoms with Crippen LogP contribution in [-0.4, -0.2) is 28.1 Å². The lowest BCUT2D eigenvalue weighted by Crippen LogP contribution is -2.42. The topological polar surface area (TPSA) is 126 Å². The summed E-state index contributed by atoms with van der Waals surface area (Å²) in [5.41, 5.74) is 13.5. The Kier molecular flexibility index (Phi) is 5.70. The van der Waals surface area contributed by atoms with Crippen LogP contribution in [0.5, 0.6) is 0 Å². The van der Waals surface area contributed by atoms with E-state index in [1.54, 1.807) is 18.2 Å². The van der Waals surface area contributed by atoms with Crippen molar-refractivity contribution in [1.82, 2.24) is 4.98 Å². The predicted molar refractivity (Wildman–Crippen MR) is 102 cm³/mol. The number of aliphatic hydroxyl groups is 1. The molecule has 0 saturated heterocycles. The number of primary amides is 1. The number of carbonyl (C=O) groups is 1. The zero-order valence-electron chi connectivity index (χ0n) is 14.6. The maximum absolute atomic E-state index is 11.8. The standard InChI is InChI=1S/C19H25N5O2/c20-15-6-1-2-7-16(15)23-17-9-8-14(18(21)26)19(24-17)22-13-5-3-4-12(10-13)11-25/h3-5,8-10,15-16,25H,1-2,6-7,11,20H2,(H2,21,26)(H2,22,23,24). The lowest BCUT2D eigenvalue weighted by atomic mass is 9.91. The second-order valence-electron chi connectivity index (χ2n) is 6.64. The highest BCUT2D eigenvalue weighted by Gasteiger charge is 2.22. The van der Waals surface area contributed by atoms with E-state index in [1.807, 2.05) is 18.2 Å². The molecule has 2 aromatic rings. The summed E-state index contributed by atoms with van der Waals surface area (Å²) in [7, 11) is 0. The van der Waals surface area contributed by atoms with Crippen LogP contribution in [0.2, 0.25) is 0 Å². The summed E-state index contributed by atoms with van der Waals surface area (Å²) in [6.07, 6.45) is 4.29. The molecule has 1 aliphatic rings. The second kappa shape index (κ2) is 8.16. The number of carbonyl (C=O) groups excluding carboxylic acids is 1. The Bertz CT molecular complexity index is 780. The summed E-state index contributed by atoms with van der Waals surface area (Å²) in [4.78, 5) is 16.3. The molecule has 1 heterocycles. The first-order chi connectivity index (χ1) is 12.6. The van der Waals surface area contributed by atoms with Crippen molar-refractivity contribution >= 4 is 23.2 Å². The van der Waals surface area contributed by atoms with Gasteiger partial charge in [0, 0.05) is 17.8 Å². The van der Waals surface area contributed by atoms with E-state index in [2.05, 4.69) is 15.6 Å². The van der Waals surface area contributed by atoms with Crippen LogP contribution in [0.25, 0.3) is 0 Å². The Morgan fingerprint density at radius 1 is 1.23 bits per heavy atom. The van der Waals surface area contributed by atoms with Gasteiger partial charge in [0.05, 0.1) is 12.2 Å². The highest BCUT2D eigenvalue weighted by atomic mass is 16.3. The van der Waals surface area contributed by atoms with Gasteiger partial charge in [-0.1, -0.05) is 25.0 Å². The molecule has 7 nitrogen and oxygen atoms in total. The van der Waals surface area contributed by atoms with E-state index in [1.165, 1.54) is 0 Å². The van der Waals surface area contributed by atoms with E-state index < -0.39 is 5.91 Å². The number of rotatable bonds is 6. The molecule has 0 spiro atoms. The molecule has 2 atom stereocenters. The minimum absolute atomic E-state index is 0.0627. The molecule has 1 aliphatic carbocycles. The van der Waals surface area contributed by atoms with Crippen molar-refractivity contribution in [2.75, 3.05) is 10.6 Å². The Hall–Kier alpha value is -2.64. The number of nitrogens with zero attached hydrogens (tertiary/aromatic N) is 1. The average Bonchev–Trinajstić information content (AvgIpc) is 2.64. The number of pyridine rings is 1. The van der Waals surface area contributed by atoms with E-state index in [4.69, 9.17) is 11.5 Å². The summed E-state index contributed by atoms with van der Waals surface area (Å²) in [5, 5.41) is 15.8. The molecule has 138 valence electrons. The molecular weight excluding hydrogens is 330 g/mol. The summed E-state index contributed by atoms with van der Waals surface area (Å²) >= 11 is 0. The van der Waals surface area contributed by atoms with E-state index in [0.717, 1.165) is 36.9 Å². The molecular formula is C19H25N5O2. The smallest absolute Gasteiger partial charge is 0.252 e. The third kappa shape index (κ3) is 4.30. The third-order valence-electron chi connectivity index (χ3n) is 4.69. The van der Waals surface area contributed by atoms with Crippen LogP contribution in [0.3, 0.4) is 0 Å². The highest BCUT2D eigenvalue weighted by molar-refractivity contribution is 5.98. The van der Waals surface area contributed by atoms with Gasteiger partial charge >= 0.3 is 0 Å². The van der Waals surface area contributed by atoms with E-state index >= 15 is 0 Å². The maximum atomic E-state index is 11.8. The fourth-order valence-electron chi connectivity index (χ4n) is 3.25. The molecule has 1 fully saturated rings. The average molecular weight is 355 g/mol. The van der Waals surface area contributed by atoms with Gasteiger partial charge in [0.2, 0.25) is 0 Å². The summed E-state index contributed by atoms with van der Waals surface area (Å²) in [6, 6.07) is 10.9. The number of anilines is 3. The van der Waals surface area contributed by atoms with E-state index in [-0.39, 0.29) is 18.7 Å². The van der Waals surface area contributed by atoms with Crippen LogP contribution in [0.15, 0.2) is 36.4 Å². The van der Waals surface area contributed by atoms with Crippen molar-refractivity contribution in [3.8, 4) is 0 Å². The van der Waals surface area contributed by atoms with Gasteiger partial charge < -0.3 is 27.2 Å². The monoisotopic (exact) mass is 355 g/mol. The molecule has 3 rings (SSSR count). The van der Waals surface area contributed by atoms with E-state index in [9.17, 15) is 9.90 Å². The van der Waals surface area contributed by atoms with Crippen molar-refractivity contribution in [3.05, 3.63) is 47.5 Å². The molecule has 1 amide bonds. The fourth-order valence-corrected chi connectivity index (χ4v) is 3.25. The Morgan fingerprint density at radius 3 is 2.77 bits per heavy atom. The van der Waals surface area contributed by atoms with Gasteiger partial charge in [0.25, 0.3) is 5.91 Å². The number of aromatic nitrogens is 1. The zero-order chi connectivity index (χ0) is 18.5. The molecule has 2 unspecified atom stereocenters. The van der Waals surface area contributed by atoms with Gasteiger partial charge in [-0.15, -0.1) is 0 Å². The van der Waals surface area contributed by atoms with Crippen LogP contribution in [0.4, 0.5) is 17.3 Å². The molecule has 0 radical (unpaired) electrons. The van der Waals surface area contributed by atoms with E-state index in [0.29, 0.717) is 17.2 Å². The summed E-state index contributed by atoms with van der Waals surface area (Å²) in [5.74, 6) is 0.472. The molecule has 1 aromatic carbocycles. The molecule has 0 aliphatic heterocycles. The SMILES string of the molecule is NC(=O)c1ccc(NC2CCCCC2N)nc1Nc1cccc(CO)c1. The first-order valence-corrected chi connectivity index (χ1v) is 8.86. The zero-order valence-corrected chi connectivity index (χ0v) is 14.6. The van der Waals surface area contributed by atoms with Crippen LogP contribution in [-0.2, 0) is 6.61 Å². The minimum Gasteiger partial charge on any atom is -0.392 e. The van der Waals surface area contributed by atoms with Crippen molar-refractivity contribution in [2.24, 2.45) is 11.5 Å². The summed E-state index contributed by atoms with van der Waals surface area (Å²) in [6.45, 7) is -0.0627. The quantitative estimate of drug-likeness (QED) is 0.540. The molecule has 26 heavy (non-hydrogen) atoms. The van der Waals surface area contributed by atoms with Crippen LogP contribution >= 0.6 is 0 Å². The van der Waals surface area contributed by atoms with Crippen molar-refractivity contribution in [1.29, 1.82) is 0 Å². The maximum Gasteiger partial charge on any atom is 0.252 e. The fraction of sp³-hybridized carbons (Fsp3) is 0.368. The Labute approximate surface area is 152 Å². The number of aliphatic hydroxyl groups excluding tert-OH is 1. The second-order valence-corrected chi connectivity index (χ2v) is 6.64. The third-order valence-corrected chi connectivity index (χ3v) is 4.69. The number of hydrogen-bond donors (Lipinski definition) is 5. The van der Waals surface area contributed by atoms with Crippen LogP contribution < -0.4 is 22.1 Å². The largest absolute Gasteiger partial charge is 0.392 e. The van der Waals surface area contributed by atoms with Crippen LogP contribution in [0, 0.1) is 0 Å². The number of nitrogens with two attached hydrogens (primary N) is 2. The van der Waals surface area contributed by atoms with Gasteiger partial charge in [-0.05, 0) is 42.7 Å². The highest BCUT2D eigenvalue weighted by Crippen LogP contribution is 2.24. The lowest BCUT2D eigenvalue weighted by molar-refractivity contribution is 0.100. The minimum atomic E-state index is -0.556. The van der Waals surface area contributed by atoms with Crippen molar-refractivity contribution in [2.45, 2.75) is 44.4 Å². The van der Waals surface area contributed by atoms with Gasteiger partial charge in [-0.25, -0.2) is 4.98 Å². The Morgan fingerprint density at radius 2 is 2.04 bits per heavy atom. The number of benzene rings is 1. The molecule has 0 bridgehead atoms. The molecule has 7 heteroatoms. The number of nitrogens with one attached hydrogen (secondary N) is 2. The van der Waals surface area contributed by atoms with Crippen molar-refractivity contribution < 1.29 is 9.90 Å². The first-order valence-electron chi connectivity index (χ1n) is 8.86. The first kappa shape index (κ1) is 18.2. The van der Waals surface area contributed by atoms with Gasteiger partial charge in [0.1, 0.15) is 11.6 Å². The number of amides is 1. The molecule has 1 saturated carbocycles. The van der Waals surface area contributed by atoms with Crippen LogP contribution in [0.1, 0.15) is 41.6 Å². The normalized spacial score (nSPS) is 19.8. The molecule has 7 N–H and O–H groups in total. The summed E-state index contributed by atoms with van der Waals surface area (Å²) < 4.78 is 0. The van der Waals surface area contributed by atoms with Gasteiger partial charge in [-0.2, -0.15) is 0 Å². The molecule has 1 aromatic heterocycles. The van der Waals surface area contributed by atoms with Gasteiger partial charge in [0.15, 0.2) is 0 Å². The predicted octanol–water partition coefficient (Wildman–Crippen LogP) is 2.10.